The number of hydrogen-bond donors (Lipinski definition) is 2. The summed E-state index contributed by atoms with van der Waals surface area (Å²) in [6.07, 6.45) is 0. The van der Waals surface area contributed by atoms with Crippen molar-refractivity contribution in [2.24, 2.45) is 0 Å². The average molecular weight is 327 g/mol. The number of carbonyl (C=O) groups is 2. The highest BCUT2D eigenvalue weighted by molar-refractivity contribution is 6.39. The number of anilines is 1. The molecule has 0 atom stereocenters. The summed E-state index contributed by atoms with van der Waals surface area (Å²) in [7, 11) is 3.79. The number of hydrogen-bond acceptors (Lipinski definition) is 4. The van der Waals surface area contributed by atoms with E-state index in [1.807, 2.05) is 49.3 Å². The number of amides is 2. The van der Waals surface area contributed by atoms with E-state index in [2.05, 4.69) is 10.6 Å². The number of ether oxygens (including phenoxy) is 1. The van der Waals surface area contributed by atoms with Gasteiger partial charge in [-0.3, -0.25) is 9.59 Å². The molecule has 0 saturated heterocycles. The largest absolute Gasteiger partial charge is 0.457 e. The smallest absolute Gasteiger partial charge is 0.313 e. The Kier molecular flexibility index (Phi) is 6.33. The zero-order chi connectivity index (χ0) is 17.4. The Morgan fingerprint density at radius 1 is 0.917 bits per heavy atom. The highest BCUT2D eigenvalue weighted by atomic mass is 16.5. The van der Waals surface area contributed by atoms with Gasteiger partial charge in [0.25, 0.3) is 0 Å². The SMILES string of the molecule is CN(C)CCNC(=O)C(=O)Nc1ccc(Oc2ccccc2)cc1. The summed E-state index contributed by atoms with van der Waals surface area (Å²) < 4.78 is 5.66. The lowest BCUT2D eigenvalue weighted by Crippen LogP contribution is -2.38. The third-order valence-electron chi connectivity index (χ3n) is 3.14. The number of nitrogens with one attached hydrogen (secondary N) is 2. The summed E-state index contributed by atoms with van der Waals surface area (Å²) in [5.74, 6) is 0.0381. The lowest BCUT2D eigenvalue weighted by Gasteiger charge is -2.10. The Hall–Kier alpha value is -2.86. The van der Waals surface area contributed by atoms with E-state index >= 15 is 0 Å². The van der Waals surface area contributed by atoms with E-state index in [9.17, 15) is 9.59 Å². The van der Waals surface area contributed by atoms with E-state index in [4.69, 9.17) is 4.74 Å². The number of para-hydroxylation sites is 1. The number of likely N-dealkylation sites (N-methyl/N-ethyl adjacent to an activating group) is 1. The van der Waals surface area contributed by atoms with Crippen LogP contribution in [0.5, 0.6) is 11.5 Å². The fraction of sp³-hybridized carbons (Fsp3) is 0.222. The molecule has 2 N–H and O–H groups in total. The minimum atomic E-state index is -0.689. The highest BCUT2D eigenvalue weighted by Gasteiger charge is 2.13. The Morgan fingerprint density at radius 3 is 2.17 bits per heavy atom. The molecule has 0 aliphatic rings. The van der Waals surface area contributed by atoms with Crippen LogP contribution in [0.1, 0.15) is 0 Å². The zero-order valence-corrected chi connectivity index (χ0v) is 13.8. The lowest BCUT2D eigenvalue weighted by molar-refractivity contribution is -0.136. The lowest BCUT2D eigenvalue weighted by atomic mass is 10.3. The van der Waals surface area contributed by atoms with Gasteiger partial charge >= 0.3 is 11.8 Å². The average Bonchev–Trinajstić information content (AvgIpc) is 2.57. The Bertz CT molecular complexity index is 670. The van der Waals surface area contributed by atoms with Crippen LogP contribution >= 0.6 is 0 Å². The van der Waals surface area contributed by atoms with E-state index in [0.29, 0.717) is 24.5 Å². The van der Waals surface area contributed by atoms with Crippen LogP contribution in [-0.2, 0) is 9.59 Å². The minimum Gasteiger partial charge on any atom is -0.457 e. The molecule has 0 heterocycles. The van der Waals surface area contributed by atoms with Crippen molar-refractivity contribution in [1.82, 2.24) is 10.2 Å². The van der Waals surface area contributed by atoms with Crippen molar-refractivity contribution in [3.8, 4) is 11.5 Å². The molecule has 2 rings (SSSR count). The maximum atomic E-state index is 11.8. The van der Waals surface area contributed by atoms with Crippen LogP contribution in [0.3, 0.4) is 0 Å². The number of nitrogens with zero attached hydrogens (tertiary/aromatic N) is 1. The molecule has 0 bridgehead atoms. The second-order valence-electron chi connectivity index (χ2n) is 5.45. The molecular weight excluding hydrogens is 306 g/mol. The molecule has 0 saturated carbocycles. The fourth-order valence-electron chi connectivity index (χ4n) is 1.89. The first-order valence-electron chi connectivity index (χ1n) is 7.61. The van der Waals surface area contributed by atoms with Crippen LogP contribution in [0.4, 0.5) is 5.69 Å². The molecule has 6 nitrogen and oxygen atoms in total. The van der Waals surface area contributed by atoms with Crippen LogP contribution in [0.15, 0.2) is 54.6 Å². The summed E-state index contributed by atoms with van der Waals surface area (Å²) >= 11 is 0. The molecule has 0 radical (unpaired) electrons. The summed E-state index contributed by atoms with van der Waals surface area (Å²) in [4.78, 5) is 25.4. The van der Waals surface area contributed by atoms with Crippen molar-refractivity contribution in [2.45, 2.75) is 0 Å². The standard InChI is InChI=1S/C18H21N3O3/c1-21(2)13-12-19-17(22)18(23)20-14-8-10-16(11-9-14)24-15-6-4-3-5-7-15/h3-11H,12-13H2,1-2H3,(H,19,22)(H,20,23). The van der Waals surface area contributed by atoms with Crippen molar-refractivity contribution in [1.29, 1.82) is 0 Å². The van der Waals surface area contributed by atoms with E-state index in [1.54, 1.807) is 24.3 Å². The van der Waals surface area contributed by atoms with Crippen molar-refractivity contribution in [3.63, 3.8) is 0 Å². The second kappa shape index (κ2) is 8.69. The molecule has 0 unspecified atom stereocenters. The molecular formula is C18H21N3O3. The Labute approximate surface area is 141 Å². The first-order valence-corrected chi connectivity index (χ1v) is 7.61. The topological polar surface area (TPSA) is 70.7 Å². The molecule has 6 heteroatoms. The zero-order valence-electron chi connectivity index (χ0n) is 13.8. The van der Waals surface area contributed by atoms with Crippen LogP contribution in [0, 0.1) is 0 Å². The number of benzene rings is 2. The third-order valence-corrected chi connectivity index (χ3v) is 3.14. The van der Waals surface area contributed by atoms with E-state index < -0.39 is 11.8 Å². The van der Waals surface area contributed by atoms with Gasteiger partial charge in [0.15, 0.2) is 0 Å². The molecule has 24 heavy (non-hydrogen) atoms. The van der Waals surface area contributed by atoms with E-state index in [0.717, 1.165) is 5.75 Å². The maximum Gasteiger partial charge on any atom is 0.313 e. The van der Waals surface area contributed by atoms with Gasteiger partial charge in [-0.1, -0.05) is 18.2 Å². The van der Waals surface area contributed by atoms with Crippen LogP contribution in [0.25, 0.3) is 0 Å². The first-order chi connectivity index (χ1) is 11.5. The van der Waals surface area contributed by atoms with Gasteiger partial charge in [0.1, 0.15) is 11.5 Å². The molecule has 0 aliphatic heterocycles. The molecule has 2 amide bonds. The molecule has 126 valence electrons. The summed E-state index contributed by atoms with van der Waals surface area (Å²) in [5, 5.41) is 5.11. The van der Waals surface area contributed by atoms with Gasteiger partial charge in [0, 0.05) is 18.8 Å². The minimum absolute atomic E-state index is 0.420. The van der Waals surface area contributed by atoms with Crippen molar-refractivity contribution in [2.75, 3.05) is 32.5 Å². The quantitative estimate of drug-likeness (QED) is 0.797. The van der Waals surface area contributed by atoms with Crippen molar-refractivity contribution < 1.29 is 14.3 Å². The monoisotopic (exact) mass is 327 g/mol. The fourth-order valence-corrected chi connectivity index (χ4v) is 1.89. The van der Waals surface area contributed by atoms with Crippen molar-refractivity contribution in [3.05, 3.63) is 54.6 Å². The number of rotatable bonds is 6. The summed E-state index contributed by atoms with van der Waals surface area (Å²) in [6, 6.07) is 16.2. The second-order valence-corrected chi connectivity index (χ2v) is 5.45. The van der Waals surface area contributed by atoms with Gasteiger partial charge in [-0.15, -0.1) is 0 Å². The van der Waals surface area contributed by atoms with E-state index in [-0.39, 0.29) is 0 Å². The molecule has 0 aliphatic carbocycles. The van der Waals surface area contributed by atoms with E-state index in [1.165, 1.54) is 0 Å². The predicted octanol–water partition coefficient (Wildman–Crippen LogP) is 2.10. The van der Waals surface area contributed by atoms with Gasteiger partial charge in [0.2, 0.25) is 0 Å². The molecule has 2 aromatic carbocycles. The predicted molar refractivity (Wildman–Crippen MR) is 93.2 cm³/mol. The van der Waals surface area contributed by atoms with Crippen LogP contribution in [0.2, 0.25) is 0 Å². The summed E-state index contributed by atoms with van der Waals surface area (Å²) in [6.45, 7) is 1.09. The Morgan fingerprint density at radius 2 is 1.54 bits per heavy atom. The molecule has 0 spiro atoms. The molecule has 2 aromatic rings. The Balaban J connectivity index is 1.84. The summed E-state index contributed by atoms with van der Waals surface area (Å²) in [5.41, 5.74) is 0.531. The van der Waals surface area contributed by atoms with Gasteiger partial charge in [-0.05, 0) is 50.5 Å². The normalized spacial score (nSPS) is 10.3. The number of carbonyl (C=O) groups excluding carboxylic acids is 2. The van der Waals surface area contributed by atoms with Gasteiger partial charge < -0.3 is 20.3 Å². The first kappa shape index (κ1) is 17.5. The van der Waals surface area contributed by atoms with Crippen molar-refractivity contribution >= 4 is 17.5 Å². The van der Waals surface area contributed by atoms with Crippen LogP contribution < -0.4 is 15.4 Å². The van der Waals surface area contributed by atoms with Crippen LogP contribution in [-0.4, -0.2) is 43.9 Å². The van der Waals surface area contributed by atoms with Gasteiger partial charge in [-0.2, -0.15) is 0 Å². The van der Waals surface area contributed by atoms with Gasteiger partial charge in [-0.25, -0.2) is 0 Å². The van der Waals surface area contributed by atoms with Gasteiger partial charge in [0.05, 0.1) is 0 Å². The maximum absolute atomic E-state index is 11.8. The molecule has 0 fully saturated rings. The molecule has 0 aromatic heterocycles. The third kappa shape index (κ3) is 5.73. The highest BCUT2D eigenvalue weighted by Crippen LogP contribution is 2.22.